The number of phenols is 1. The van der Waals surface area contributed by atoms with Gasteiger partial charge in [-0.3, -0.25) is 0 Å². The van der Waals surface area contributed by atoms with Gasteiger partial charge >= 0.3 is 6.36 Å². The summed E-state index contributed by atoms with van der Waals surface area (Å²) in [5.74, 6) is -0.0908. The maximum Gasteiger partial charge on any atom is 0.573 e. The van der Waals surface area contributed by atoms with Crippen molar-refractivity contribution in [2.75, 3.05) is 0 Å². The SMILES string of the molecule is Oc1ccc2cc(-c3ccccc3OC(F)(F)F)oc2c1. The molecular weight excluding hydrogens is 285 g/mol. The van der Waals surface area contributed by atoms with Gasteiger partial charge in [0.15, 0.2) is 0 Å². The average molecular weight is 294 g/mol. The summed E-state index contributed by atoms with van der Waals surface area (Å²) >= 11 is 0. The van der Waals surface area contributed by atoms with Crippen molar-refractivity contribution < 1.29 is 27.4 Å². The van der Waals surface area contributed by atoms with Crippen LogP contribution in [0.2, 0.25) is 0 Å². The van der Waals surface area contributed by atoms with Gasteiger partial charge in [0.1, 0.15) is 22.8 Å². The number of aromatic hydroxyl groups is 1. The number of hydrogen-bond donors (Lipinski definition) is 1. The van der Waals surface area contributed by atoms with E-state index in [1.807, 2.05) is 0 Å². The molecule has 1 heterocycles. The molecule has 0 radical (unpaired) electrons. The van der Waals surface area contributed by atoms with Gasteiger partial charge in [-0.25, -0.2) is 0 Å². The Labute approximate surface area is 117 Å². The number of hydrogen-bond acceptors (Lipinski definition) is 3. The first-order chi connectivity index (χ1) is 9.92. The van der Waals surface area contributed by atoms with Crippen LogP contribution in [-0.4, -0.2) is 11.5 Å². The number of furan rings is 1. The highest BCUT2D eigenvalue weighted by Gasteiger charge is 2.32. The second-order valence-electron chi connectivity index (χ2n) is 4.38. The van der Waals surface area contributed by atoms with Crippen molar-refractivity contribution in [2.24, 2.45) is 0 Å². The Hall–Kier alpha value is -2.63. The Balaban J connectivity index is 2.10. The lowest BCUT2D eigenvalue weighted by Crippen LogP contribution is -2.17. The minimum atomic E-state index is -4.78. The molecule has 21 heavy (non-hydrogen) atoms. The number of fused-ring (bicyclic) bond motifs is 1. The Kier molecular flexibility index (Phi) is 3.01. The zero-order valence-electron chi connectivity index (χ0n) is 10.5. The van der Waals surface area contributed by atoms with E-state index >= 15 is 0 Å². The van der Waals surface area contributed by atoms with Crippen molar-refractivity contribution in [1.29, 1.82) is 0 Å². The minimum Gasteiger partial charge on any atom is -0.508 e. The van der Waals surface area contributed by atoms with E-state index in [9.17, 15) is 18.3 Å². The van der Waals surface area contributed by atoms with Gasteiger partial charge in [0.05, 0.1) is 5.56 Å². The summed E-state index contributed by atoms with van der Waals surface area (Å²) in [7, 11) is 0. The molecule has 0 aliphatic rings. The first kappa shape index (κ1) is 13.4. The molecule has 108 valence electrons. The quantitative estimate of drug-likeness (QED) is 0.744. The fraction of sp³-hybridized carbons (Fsp3) is 0.0667. The molecule has 3 aromatic rings. The van der Waals surface area contributed by atoms with E-state index < -0.39 is 6.36 Å². The van der Waals surface area contributed by atoms with E-state index in [1.54, 1.807) is 18.2 Å². The summed E-state index contributed by atoms with van der Waals surface area (Å²) in [5, 5.41) is 10.1. The van der Waals surface area contributed by atoms with Crippen LogP contribution in [-0.2, 0) is 0 Å². The molecule has 0 aliphatic carbocycles. The van der Waals surface area contributed by atoms with Gasteiger partial charge in [-0.1, -0.05) is 12.1 Å². The van der Waals surface area contributed by atoms with Crippen LogP contribution in [0.25, 0.3) is 22.3 Å². The molecule has 0 fully saturated rings. The molecule has 1 N–H and O–H groups in total. The zero-order chi connectivity index (χ0) is 15.0. The third kappa shape index (κ3) is 2.79. The van der Waals surface area contributed by atoms with Crippen molar-refractivity contribution in [3.05, 3.63) is 48.5 Å². The van der Waals surface area contributed by atoms with E-state index in [-0.39, 0.29) is 22.8 Å². The first-order valence-electron chi connectivity index (χ1n) is 6.00. The van der Waals surface area contributed by atoms with E-state index in [1.165, 1.54) is 30.3 Å². The summed E-state index contributed by atoms with van der Waals surface area (Å²) in [4.78, 5) is 0. The van der Waals surface area contributed by atoms with Crippen LogP contribution in [0.1, 0.15) is 0 Å². The highest BCUT2D eigenvalue weighted by molar-refractivity contribution is 5.85. The lowest BCUT2D eigenvalue weighted by atomic mass is 10.1. The molecule has 0 saturated heterocycles. The zero-order valence-corrected chi connectivity index (χ0v) is 10.5. The molecule has 0 spiro atoms. The molecule has 3 rings (SSSR count). The molecule has 6 heteroatoms. The standard InChI is InChI=1S/C15H9F3O3/c16-15(17,18)21-12-4-2-1-3-11(12)14-7-9-5-6-10(19)8-13(9)20-14/h1-8,19H. The highest BCUT2D eigenvalue weighted by Crippen LogP contribution is 2.37. The normalized spacial score (nSPS) is 11.8. The molecule has 0 aliphatic heterocycles. The van der Waals surface area contributed by atoms with Crippen molar-refractivity contribution in [2.45, 2.75) is 6.36 Å². The largest absolute Gasteiger partial charge is 0.573 e. The maximum absolute atomic E-state index is 12.4. The predicted molar refractivity (Wildman–Crippen MR) is 70.0 cm³/mol. The number of ether oxygens (including phenoxy) is 1. The molecule has 0 atom stereocenters. The average Bonchev–Trinajstić information content (AvgIpc) is 2.80. The molecule has 3 nitrogen and oxygen atoms in total. The van der Waals surface area contributed by atoms with Crippen molar-refractivity contribution in [1.82, 2.24) is 0 Å². The van der Waals surface area contributed by atoms with Crippen molar-refractivity contribution in [3.63, 3.8) is 0 Å². The first-order valence-corrected chi connectivity index (χ1v) is 6.00. The lowest BCUT2D eigenvalue weighted by molar-refractivity contribution is -0.274. The van der Waals surface area contributed by atoms with E-state index in [0.29, 0.717) is 11.0 Å². The lowest BCUT2D eigenvalue weighted by Gasteiger charge is -2.11. The number of benzene rings is 2. The van der Waals surface area contributed by atoms with E-state index in [4.69, 9.17) is 4.42 Å². The van der Waals surface area contributed by atoms with Crippen LogP contribution in [0, 0.1) is 0 Å². The molecule has 1 aromatic heterocycles. The van der Waals surface area contributed by atoms with Crippen LogP contribution in [0.3, 0.4) is 0 Å². The molecule has 2 aromatic carbocycles. The van der Waals surface area contributed by atoms with E-state index in [2.05, 4.69) is 4.74 Å². The number of alkyl halides is 3. The monoisotopic (exact) mass is 294 g/mol. The molecule has 0 saturated carbocycles. The van der Waals surface area contributed by atoms with Gasteiger partial charge in [-0.15, -0.1) is 13.2 Å². The number of rotatable bonds is 2. The third-order valence-corrected chi connectivity index (χ3v) is 2.88. The molecule has 0 bridgehead atoms. The van der Waals surface area contributed by atoms with Crippen LogP contribution >= 0.6 is 0 Å². The van der Waals surface area contributed by atoms with Crippen LogP contribution in [0.5, 0.6) is 11.5 Å². The number of para-hydroxylation sites is 1. The van der Waals surface area contributed by atoms with Gasteiger partial charge in [-0.05, 0) is 30.3 Å². The number of phenolic OH excluding ortho intramolecular Hbond substituents is 1. The summed E-state index contributed by atoms with van der Waals surface area (Å²) in [6.07, 6.45) is -4.78. The van der Waals surface area contributed by atoms with Crippen molar-refractivity contribution in [3.8, 4) is 22.8 Å². The van der Waals surface area contributed by atoms with Crippen LogP contribution in [0.15, 0.2) is 52.9 Å². The fourth-order valence-corrected chi connectivity index (χ4v) is 2.04. The Morgan fingerprint density at radius 3 is 2.52 bits per heavy atom. The van der Waals surface area contributed by atoms with Gasteiger partial charge < -0.3 is 14.3 Å². The van der Waals surface area contributed by atoms with Gasteiger partial charge in [0.2, 0.25) is 0 Å². The van der Waals surface area contributed by atoms with Gasteiger partial charge in [0.25, 0.3) is 0 Å². The summed E-state index contributed by atoms with van der Waals surface area (Å²) in [5.41, 5.74) is 0.567. The van der Waals surface area contributed by atoms with Gasteiger partial charge in [0, 0.05) is 11.5 Å². The number of halogens is 3. The highest BCUT2D eigenvalue weighted by atomic mass is 19.4. The molecule has 0 unspecified atom stereocenters. The summed E-state index contributed by atoms with van der Waals surface area (Å²) < 4.78 is 46.7. The molecular formula is C15H9F3O3. The van der Waals surface area contributed by atoms with E-state index in [0.717, 1.165) is 0 Å². The maximum atomic E-state index is 12.4. The smallest absolute Gasteiger partial charge is 0.508 e. The topological polar surface area (TPSA) is 42.6 Å². The Morgan fingerprint density at radius 2 is 1.76 bits per heavy atom. The minimum absolute atomic E-state index is 0.0169. The Morgan fingerprint density at radius 1 is 1.00 bits per heavy atom. The second-order valence-corrected chi connectivity index (χ2v) is 4.38. The van der Waals surface area contributed by atoms with Gasteiger partial charge in [-0.2, -0.15) is 0 Å². The van der Waals surface area contributed by atoms with Crippen LogP contribution < -0.4 is 4.74 Å². The Bertz CT molecular complexity index is 790. The van der Waals surface area contributed by atoms with Crippen LogP contribution in [0.4, 0.5) is 13.2 Å². The molecule has 0 amide bonds. The fourth-order valence-electron chi connectivity index (χ4n) is 2.04. The summed E-state index contributed by atoms with van der Waals surface area (Å²) in [6.45, 7) is 0. The van der Waals surface area contributed by atoms with Crippen molar-refractivity contribution >= 4 is 11.0 Å². The predicted octanol–water partition coefficient (Wildman–Crippen LogP) is 4.70. The third-order valence-electron chi connectivity index (χ3n) is 2.88. The summed E-state index contributed by atoms with van der Waals surface area (Å²) in [6, 6.07) is 11.8. The second kappa shape index (κ2) is 4.73.